The van der Waals surface area contributed by atoms with Crippen LogP contribution in [0.2, 0.25) is 0 Å². The summed E-state index contributed by atoms with van der Waals surface area (Å²) in [5.74, 6) is 0.821. The van der Waals surface area contributed by atoms with Gasteiger partial charge < -0.3 is 14.5 Å². The third kappa shape index (κ3) is 4.27. The number of amides is 1. The molecule has 0 unspecified atom stereocenters. The van der Waals surface area contributed by atoms with Crippen molar-refractivity contribution in [3.8, 4) is 16.3 Å². The van der Waals surface area contributed by atoms with Crippen LogP contribution in [0.25, 0.3) is 10.6 Å². The molecule has 0 aliphatic carbocycles. The molecule has 2 heterocycles. The lowest BCUT2D eigenvalue weighted by atomic mass is 10.1. The molecule has 0 atom stereocenters. The Hall–Kier alpha value is -2.86. The number of thiazole rings is 1. The van der Waals surface area contributed by atoms with Gasteiger partial charge in [0.25, 0.3) is 5.91 Å². The minimum absolute atomic E-state index is 0.0163. The Morgan fingerprint density at radius 2 is 1.86 bits per heavy atom. The van der Waals surface area contributed by atoms with E-state index in [0.29, 0.717) is 18.8 Å². The van der Waals surface area contributed by atoms with E-state index in [0.717, 1.165) is 28.4 Å². The summed E-state index contributed by atoms with van der Waals surface area (Å²) in [5.41, 5.74) is 3.85. The number of para-hydroxylation sites is 1. The first kappa shape index (κ1) is 19.5. The van der Waals surface area contributed by atoms with Crippen LogP contribution >= 0.6 is 11.3 Å². The second-order valence-electron chi connectivity index (χ2n) is 7.51. The molecule has 29 heavy (non-hydrogen) atoms. The van der Waals surface area contributed by atoms with Gasteiger partial charge in [0.1, 0.15) is 16.5 Å². The van der Waals surface area contributed by atoms with Crippen LogP contribution in [-0.2, 0) is 6.54 Å². The lowest BCUT2D eigenvalue weighted by Gasteiger charge is -2.20. The Morgan fingerprint density at radius 3 is 2.62 bits per heavy atom. The molecule has 1 amide bonds. The van der Waals surface area contributed by atoms with Gasteiger partial charge in [-0.15, -0.1) is 11.3 Å². The zero-order valence-corrected chi connectivity index (χ0v) is 17.8. The van der Waals surface area contributed by atoms with Gasteiger partial charge in [-0.2, -0.15) is 0 Å². The summed E-state index contributed by atoms with van der Waals surface area (Å²) in [7, 11) is 2.07. The van der Waals surface area contributed by atoms with Gasteiger partial charge in [-0.05, 0) is 49.7 Å². The summed E-state index contributed by atoms with van der Waals surface area (Å²) < 4.78 is 5.70. The molecule has 5 nitrogen and oxygen atoms in total. The summed E-state index contributed by atoms with van der Waals surface area (Å²) in [6, 6.07) is 16.1. The van der Waals surface area contributed by atoms with Crippen molar-refractivity contribution < 1.29 is 9.53 Å². The Morgan fingerprint density at radius 1 is 1.10 bits per heavy atom. The number of benzene rings is 2. The number of carbonyl (C=O) groups excluding carboxylic acids is 1. The molecular weight excluding hydrogens is 382 g/mol. The Labute approximate surface area is 175 Å². The number of aromatic nitrogens is 1. The van der Waals surface area contributed by atoms with Crippen LogP contribution in [0.15, 0.2) is 53.9 Å². The molecule has 0 spiro atoms. The van der Waals surface area contributed by atoms with E-state index in [1.165, 1.54) is 17.0 Å². The standard InChI is InChI=1S/C23H25N3O2S/c1-16(2)28-19-10-8-17(9-11-19)22-24-20(15-29-22)23(27)26-13-12-25(3)21-7-5-4-6-18(21)14-26/h4-11,15-16H,12-14H2,1-3H3. The Balaban J connectivity index is 1.51. The maximum Gasteiger partial charge on any atom is 0.273 e. The second kappa shape index (κ2) is 8.25. The van der Waals surface area contributed by atoms with E-state index >= 15 is 0 Å². The SMILES string of the molecule is CC(C)Oc1ccc(-c2nc(C(=O)N3CCN(C)c4ccccc4C3)cs2)cc1. The molecule has 2 aromatic carbocycles. The van der Waals surface area contributed by atoms with Crippen LogP contribution in [0.3, 0.4) is 0 Å². The number of carbonyl (C=O) groups is 1. The van der Waals surface area contributed by atoms with Crippen molar-refractivity contribution in [2.75, 3.05) is 25.0 Å². The van der Waals surface area contributed by atoms with E-state index in [1.54, 1.807) is 0 Å². The molecule has 0 bridgehead atoms. The van der Waals surface area contributed by atoms with Crippen molar-refractivity contribution in [2.24, 2.45) is 0 Å². The normalized spacial score (nSPS) is 13.9. The quantitative estimate of drug-likeness (QED) is 0.629. The van der Waals surface area contributed by atoms with Crippen molar-refractivity contribution in [3.63, 3.8) is 0 Å². The Kier molecular flexibility index (Phi) is 5.53. The molecule has 0 N–H and O–H groups in total. The Bertz CT molecular complexity index is 997. The first-order valence-corrected chi connectivity index (χ1v) is 10.7. The van der Waals surface area contributed by atoms with Crippen molar-refractivity contribution in [1.29, 1.82) is 0 Å². The monoisotopic (exact) mass is 407 g/mol. The zero-order valence-electron chi connectivity index (χ0n) is 17.0. The smallest absolute Gasteiger partial charge is 0.273 e. The minimum atomic E-state index is -0.0163. The molecule has 1 aromatic heterocycles. The lowest BCUT2D eigenvalue weighted by Crippen LogP contribution is -2.34. The average molecular weight is 408 g/mol. The summed E-state index contributed by atoms with van der Waals surface area (Å²) in [6.45, 7) is 6.10. The third-order valence-electron chi connectivity index (χ3n) is 4.95. The van der Waals surface area contributed by atoms with Crippen molar-refractivity contribution in [1.82, 2.24) is 9.88 Å². The minimum Gasteiger partial charge on any atom is -0.491 e. The number of hydrogen-bond acceptors (Lipinski definition) is 5. The average Bonchev–Trinajstić information content (AvgIpc) is 3.14. The first-order chi connectivity index (χ1) is 14.0. The van der Waals surface area contributed by atoms with Gasteiger partial charge in [-0.3, -0.25) is 4.79 Å². The van der Waals surface area contributed by atoms with Gasteiger partial charge in [0, 0.05) is 43.3 Å². The van der Waals surface area contributed by atoms with Crippen LogP contribution in [0.4, 0.5) is 5.69 Å². The molecule has 1 aliphatic heterocycles. The molecule has 0 fully saturated rings. The zero-order chi connectivity index (χ0) is 20.4. The number of ether oxygens (including phenoxy) is 1. The maximum absolute atomic E-state index is 13.1. The van der Waals surface area contributed by atoms with Gasteiger partial charge in [0.2, 0.25) is 0 Å². The number of rotatable bonds is 4. The van der Waals surface area contributed by atoms with E-state index < -0.39 is 0 Å². The molecule has 4 rings (SSSR count). The summed E-state index contributed by atoms with van der Waals surface area (Å²) in [4.78, 5) is 21.8. The molecule has 0 saturated carbocycles. The van der Waals surface area contributed by atoms with Crippen LogP contribution in [0.1, 0.15) is 29.9 Å². The second-order valence-corrected chi connectivity index (χ2v) is 8.36. The largest absolute Gasteiger partial charge is 0.491 e. The van der Waals surface area contributed by atoms with Crippen LogP contribution in [-0.4, -0.2) is 42.0 Å². The fraction of sp³-hybridized carbons (Fsp3) is 0.304. The summed E-state index contributed by atoms with van der Waals surface area (Å²) in [6.07, 6.45) is 0.141. The van der Waals surface area contributed by atoms with Gasteiger partial charge in [-0.1, -0.05) is 18.2 Å². The van der Waals surface area contributed by atoms with Gasteiger partial charge in [0.15, 0.2) is 0 Å². The predicted octanol–water partition coefficient (Wildman–Crippen LogP) is 4.69. The van der Waals surface area contributed by atoms with E-state index in [9.17, 15) is 4.79 Å². The maximum atomic E-state index is 13.1. The first-order valence-electron chi connectivity index (χ1n) is 9.82. The van der Waals surface area contributed by atoms with Crippen molar-refractivity contribution >= 4 is 22.9 Å². The van der Waals surface area contributed by atoms with E-state index in [2.05, 4.69) is 29.1 Å². The van der Waals surface area contributed by atoms with Crippen LogP contribution in [0, 0.1) is 0 Å². The summed E-state index contributed by atoms with van der Waals surface area (Å²) in [5, 5.41) is 2.70. The molecule has 0 radical (unpaired) electrons. The summed E-state index contributed by atoms with van der Waals surface area (Å²) >= 11 is 1.50. The van der Waals surface area contributed by atoms with Crippen LogP contribution in [0.5, 0.6) is 5.75 Å². The van der Waals surface area contributed by atoms with Gasteiger partial charge in [-0.25, -0.2) is 4.98 Å². The number of nitrogens with zero attached hydrogens (tertiary/aromatic N) is 3. The van der Waals surface area contributed by atoms with Crippen LogP contribution < -0.4 is 9.64 Å². The highest BCUT2D eigenvalue weighted by Crippen LogP contribution is 2.28. The molecule has 1 aliphatic rings. The molecule has 0 saturated heterocycles. The molecule has 6 heteroatoms. The highest BCUT2D eigenvalue weighted by molar-refractivity contribution is 7.13. The highest BCUT2D eigenvalue weighted by atomic mass is 32.1. The molecule has 150 valence electrons. The van der Waals surface area contributed by atoms with Gasteiger partial charge >= 0.3 is 0 Å². The highest BCUT2D eigenvalue weighted by Gasteiger charge is 2.24. The molecular formula is C23H25N3O2S. The fourth-order valence-corrected chi connectivity index (χ4v) is 4.28. The lowest BCUT2D eigenvalue weighted by molar-refractivity contribution is 0.0746. The number of hydrogen-bond donors (Lipinski definition) is 0. The van der Waals surface area contributed by atoms with Crippen molar-refractivity contribution in [2.45, 2.75) is 26.5 Å². The van der Waals surface area contributed by atoms with Gasteiger partial charge in [0.05, 0.1) is 6.10 Å². The number of fused-ring (bicyclic) bond motifs is 1. The number of anilines is 1. The van der Waals surface area contributed by atoms with E-state index in [4.69, 9.17) is 4.74 Å². The van der Waals surface area contributed by atoms with Crippen molar-refractivity contribution in [3.05, 3.63) is 65.2 Å². The van der Waals surface area contributed by atoms with E-state index in [-0.39, 0.29) is 12.0 Å². The van der Waals surface area contributed by atoms with E-state index in [1.807, 2.05) is 60.5 Å². The topological polar surface area (TPSA) is 45.7 Å². The third-order valence-corrected chi connectivity index (χ3v) is 5.84. The fourth-order valence-electron chi connectivity index (χ4n) is 3.48. The number of likely N-dealkylation sites (N-methyl/N-ethyl adjacent to an activating group) is 1. The predicted molar refractivity (Wildman–Crippen MR) is 118 cm³/mol. The molecule has 3 aromatic rings.